The second-order valence-electron chi connectivity index (χ2n) is 24.4. The Labute approximate surface area is 493 Å². The zero-order chi connectivity index (χ0) is 56.9. The van der Waals surface area contributed by atoms with Crippen LogP contribution in [0, 0.1) is 0 Å². The molecule has 0 amide bonds. The summed E-state index contributed by atoms with van der Waals surface area (Å²) in [6.45, 7) is 9.32. The minimum absolute atomic E-state index is 0.0381. The van der Waals surface area contributed by atoms with Gasteiger partial charge < -0.3 is 23.6 Å². The van der Waals surface area contributed by atoms with Gasteiger partial charge in [-0.05, 0) is 162 Å². The molecule has 0 spiro atoms. The van der Waals surface area contributed by atoms with E-state index in [9.17, 15) is 0 Å². The zero-order valence-electron chi connectivity index (χ0n) is 47.5. The van der Waals surface area contributed by atoms with Crippen molar-refractivity contribution in [2.75, 3.05) is 10.2 Å². The maximum Gasteiger partial charge on any atom is 0.171 e. The van der Waals surface area contributed by atoms with E-state index in [0.29, 0.717) is 0 Å². The summed E-state index contributed by atoms with van der Waals surface area (Å²) < 4.78 is 29.4. The van der Waals surface area contributed by atoms with Gasteiger partial charge in [0, 0.05) is 54.0 Å². The number of para-hydroxylation sites is 3. The zero-order valence-corrected chi connectivity index (χ0v) is 48.4. The lowest BCUT2D eigenvalue weighted by Crippen LogP contribution is -2.24. The maximum absolute atomic E-state index is 15.6. The molecule has 1 atom stereocenters. The highest BCUT2D eigenvalue weighted by Gasteiger charge is 2.39. The third-order valence-corrected chi connectivity index (χ3v) is 22.0. The fourth-order valence-electron chi connectivity index (χ4n) is 14.6. The molecule has 3 heterocycles. The molecule has 2 aliphatic carbocycles. The number of furan rings is 2. The first-order valence-corrected chi connectivity index (χ1v) is 31.1. The Morgan fingerprint density at radius 1 is 0.376 bits per heavy atom. The van der Waals surface area contributed by atoms with Gasteiger partial charge in [0.25, 0.3) is 0 Å². The van der Waals surface area contributed by atoms with Crippen LogP contribution >= 0.6 is 7.14 Å². The standard InChI is InChI=1S/C79H57N2O3P/c1-78(2)66-25-15-14-24-58(66)62-45-65-74(47-68(62)78)84-75-43-53(41-60(76(65)75)49-32-36-57(37-33-49)85(82,55-20-10-6-11-21-55)56-22-12-7-13-23-56)52-34-38-59-61-44-64-63-40-51(35-39-72(63)83-73(64)46-69(61)79(3,4)67(59)42-52)48-28-30-50(31-29-48)77-80-70-26-16-17-27-71(70)81(77)54-18-8-5-9-19-54/h5-47,77,80H,1-4H3. The van der Waals surface area contributed by atoms with Gasteiger partial charge in [0.2, 0.25) is 0 Å². The van der Waals surface area contributed by atoms with E-state index in [-0.39, 0.29) is 17.0 Å². The highest BCUT2D eigenvalue weighted by molar-refractivity contribution is 7.85. The van der Waals surface area contributed by atoms with E-state index >= 15 is 4.57 Å². The van der Waals surface area contributed by atoms with E-state index in [1.165, 1.54) is 55.8 Å². The molecule has 1 unspecified atom stereocenters. The second-order valence-corrected chi connectivity index (χ2v) is 27.1. The van der Waals surface area contributed by atoms with Crippen LogP contribution in [0.1, 0.15) is 61.7 Å². The van der Waals surface area contributed by atoms with Crippen LogP contribution in [0.15, 0.2) is 270 Å². The second kappa shape index (κ2) is 18.3. The number of nitrogens with zero attached hydrogens (tertiary/aromatic N) is 1. The van der Waals surface area contributed by atoms with Crippen molar-refractivity contribution in [2.24, 2.45) is 0 Å². The van der Waals surface area contributed by atoms with E-state index in [2.05, 4.69) is 238 Å². The van der Waals surface area contributed by atoms with Gasteiger partial charge in [-0.25, -0.2) is 0 Å². The third kappa shape index (κ3) is 7.40. The molecule has 6 heteroatoms. The van der Waals surface area contributed by atoms with Gasteiger partial charge in [-0.2, -0.15) is 0 Å². The van der Waals surface area contributed by atoms with Crippen molar-refractivity contribution < 1.29 is 13.4 Å². The number of hydrogen-bond acceptors (Lipinski definition) is 5. The van der Waals surface area contributed by atoms with Crippen LogP contribution in [-0.2, 0) is 15.4 Å². The topological polar surface area (TPSA) is 58.6 Å². The molecule has 85 heavy (non-hydrogen) atoms. The molecule has 14 aromatic rings. The van der Waals surface area contributed by atoms with Crippen LogP contribution in [0.25, 0.3) is 99.5 Å². The summed E-state index contributed by atoms with van der Waals surface area (Å²) in [6.07, 6.45) is -0.0381. The average Bonchev–Trinajstić information content (AvgIpc) is 2.62. The van der Waals surface area contributed by atoms with E-state index in [1.807, 2.05) is 60.7 Å². The number of nitrogens with one attached hydrogen (secondary N) is 1. The largest absolute Gasteiger partial charge is 0.456 e. The van der Waals surface area contributed by atoms with E-state index < -0.39 is 7.14 Å². The molecular formula is C79H57N2O3P. The van der Waals surface area contributed by atoms with Crippen molar-refractivity contribution in [1.82, 2.24) is 0 Å². The molecule has 3 aliphatic rings. The first-order valence-electron chi connectivity index (χ1n) is 29.4. The lowest BCUT2D eigenvalue weighted by Gasteiger charge is -2.27. The summed E-state index contributed by atoms with van der Waals surface area (Å²) in [6, 6.07) is 92.7. The molecule has 406 valence electrons. The predicted octanol–water partition coefficient (Wildman–Crippen LogP) is 20.0. The summed E-state index contributed by atoms with van der Waals surface area (Å²) in [4.78, 5) is 2.38. The van der Waals surface area contributed by atoms with Crippen molar-refractivity contribution in [3.63, 3.8) is 0 Å². The maximum atomic E-state index is 15.6. The lowest BCUT2D eigenvalue weighted by molar-refractivity contribution is 0.592. The first kappa shape index (κ1) is 49.7. The number of fused-ring (bicyclic) bond motifs is 13. The van der Waals surface area contributed by atoms with Crippen LogP contribution in [0.2, 0.25) is 0 Å². The Morgan fingerprint density at radius 2 is 0.906 bits per heavy atom. The number of anilines is 3. The molecule has 17 rings (SSSR count). The summed E-state index contributed by atoms with van der Waals surface area (Å²) in [7, 11) is -3.21. The lowest BCUT2D eigenvalue weighted by atomic mass is 9.81. The van der Waals surface area contributed by atoms with Gasteiger partial charge in [0.1, 0.15) is 28.5 Å². The molecule has 0 saturated heterocycles. The molecule has 12 aromatic carbocycles. The highest BCUT2D eigenvalue weighted by Crippen LogP contribution is 2.55. The monoisotopic (exact) mass is 1110 g/mol. The third-order valence-electron chi connectivity index (χ3n) is 19.0. The molecule has 0 radical (unpaired) electrons. The Bertz CT molecular complexity index is 5070. The molecule has 5 nitrogen and oxygen atoms in total. The van der Waals surface area contributed by atoms with Crippen molar-refractivity contribution >= 4 is 84.0 Å². The fourth-order valence-corrected chi connectivity index (χ4v) is 17.2. The minimum Gasteiger partial charge on any atom is -0.456 e. The quantitative estimate of drug-likeness (QED) is 0.154. The summed E-state index contributed by atoms with van der Waals surface area (Å²) in [5, 5.41) is 10.6. The van der Waals surface area contributed by atoms with E-state index in [0.717, 1.165) is 105 Å². The molecule has 1 aliphatic heterocycles. The van der Waals surface area contributed by atoms with Crippen LogP contribution in [-0.4, -0.2) is 0 Å². The van der Waals surface area contributed by atoms with E-state index in [4.69, 9.17) is 8.83 Å². The van der Waals surface area contributed by atoms with Crippen LogP contribution in [0.3, 0.4) is 0 Å². The van der Waals surface area contributed by atoms with Gasteiger partial charge in [-0.1, -0.05) is 210 Å². The molecular weight excluding hydrogens is 1060 g/mol. The molecule has 1 N–H and O–H groups in total. The summed E-state index contributed by atoms with van der Waals surface area (Å²) in [5.74, 6) is 0. The van der Waals surface area contributed by atoms with Gasteiger partial charge in [-0.15, -0.1) is 0 Å². The molecule has 0 saturated carbocycles. The Morgan fingerprint density at radius 3 is 1.64 bits per heavy atom. The number of rotatable bonds is 8. The van der Waals surface area contributed by atoms with Gasteiger partial charge >= 0.3 is 0 Å². The van der Waals surface area contributed by atoms with Crippen LogP contribution in [0.5, 0.6) is 0 Å². The fraction of sp³-hybridized carbons (Fsp3) is 0.0886. The van der Waals surface area contributed by atoms with E-state index in [1.54, 1.807) is 0 Å². The Balaban J connectivity index is 0.757. The summed E-state index contributed by atoms with van der Waals surface area (Å²) in [5.41, 5.74) is 24.3. The minimum atomic E-state index is -3.21. The highest BCUT2D eigenvalue weighted by atomic mass is 31.2. The van der Waals surface area contributed by atoms with Gasteiger partial charge in [-0.3, -0.25) is 0 Å². The predicted molar refractivity (Wildman–Crippen MR) is 353 cm³/mol. The van der Waals surface area contributed by atoms with Crippen molar-refractivity contribution in [3.8, 4) is 55.6 Å². The summed E-state index contributed by atoms with van der Waals surface area (Å²) >= 11 is 0. The van der Waals surface area contributed by atoms with Crippen LogP contribution in [0.4, 0.5) is 17.1 Å². The number of benzene rings is 12. The Hall–Kier alpha value is -9.93. The van der Waals surface area contributed by atoms with Gasteiger partial charge in [0.15, 0.2) is 7.14 Å². The van der Waals surface area contributed by atoms with Gasteiger partial charge in [0.05, 0.1) is 11.4 Å². The molecule has 0 bridgehead atoms. The molecule has 2 aromatic heterocycles. The van der Waals surface area contributed by atoms with Crippen molar-refractivity contribution in [2.45, 2.75) is 44.7 Å². The average molecular weight is 1110 g/mol. The van der Waals surface area contributed by atoms with Crippen LogP contribution < -0.4 is 26.1 Å². The number of hydrogen-bond donors (Lipinski definition) is 1. The normalized spacial score (nSPS) is 15.2. The molecule has 0 fully saturated rings. The van der Waals surface area contributed by atoms with Crippen molar-refractivity contribution in [1.29, 1.82) is 0 Å². The first-order chi connectivity index (χ1) is 41.5. The SMILES string of the molecule is CC1(C)c2cc(-c3cc(-c4ccc(P(=O)(c5ccccc5)c5ccccc5)cc4)c4c(c3)oc3cc5c(cc34)-c3ccccc3C5(C)C)ccc2-c2cc3c(cc21)oc1ccc(-c2ccc(C4Nc5ccccc5N4c4ccccc4)cc2)cc13. The Kier molecular flexibility index (Phi) is 10.7. The smallest absolute Gasteiger partial charge is 0.171 e. The van der Waals surface area contributed by atoms with Crippen molar-refractivity contribution in [3.05, 3.63) is 289 Å².